The quantitative estimate of drug-likeness (QED) is 0.832. The van der Waals surface area contributed by atoms with Crippen LogP contribution in [0.4, 0.5) is 8.78 Å². The Balaban J connectivity index is 2.17. The molecule has 22 heavy (non-hydrogen) atoms. The van der Waals surface area contributed by atoms with Crippen LogP contribution in [0, 0.1) is 11.6 Å². The predicted molar refractivity (Wildman–Crippen MR) is 81.1 cm³/mol. The number of halogens is 2. The summed E-state index contributed by atoms with van der Waals surface area (Å²) >= 11 is 0. The summed E-state index contributed by atoms with van der Waals surface area (Å²) in [6.07, 6.45) is 2.40. The van der Waals surface area contributed by atoms with E-state index in [-0.39, 0.29) is 6.04 Å². The lowest BCUT2D eigenvalue weighted by molar-refractivity contribution is 0.170. The Labute approximate surface area is 130 Å². The Morgan fingerprint density at radius 3 is 2.27 bits per heavy atom. The van der Waals surface area contributed by atoms with E-state index in [0.29, 0.717) is 12.8 Å². The molecule has 0 bridgehead atoms. The molecule has 0 atom stereocenters. The fraction of sp³-hybridized carbons (Fsp3) is 0.600. The molecule has 0 aliphatic carbocycles. The molecule has 0 N–H and O–H groups in total. The SMILES string of the molecule is CCCN1CCC(N(C)S(=O)(=O)c2c(F)cccc2F)CC1. The highest BCUT2D eigenvalue weighted by Gasteiger charge is 2.34. The highest BCUT2D eigenvalue weighted by molar-refractivity contribution is 7.89. The topological polar surface area (TPSA) is 40.6 Å². The van der Waals surface area contributed by atoms with Crippen molar-refractivity contribution in [3.63, 3.8) is 0 Å². The lowest BCUT2D eigenvalue weighted by Gasteiger charge is -2.36. The van der Waals surface area contributed by atoms with Crippen molar-refractivity contribution in [2.75, 3.05) is 26.7 Å². The van der Waals surface area contributed by atoms with Gasteiger partial charge in [-0.25, -0.2) is 17.2 Å². The molecule has 1 saturated heterocycles. The Morgan fingerprint density at radius 2 is 1.77 bits per heavy atom. The monoisotopic (exact) mass is 332 g/mol. The van der Waals surface area contributed by atoms with Gasteiger partial charge < -0.3 is 4.90 Å². The molecule has 0 radical (unpaired) electrons. The van der Waals surface area contributed by atoms with Crippen LogP contribution in [0.5, 0.6) is 0 Å². The fourth-order valence-corrected chi connectivity index (χ4v) is 4.41. The first kappa shape index (κ1) is 17.3. The van der Waals surface area contributed by atoms with Crippen LogP contribution in [0.3, 0.4) is 0 Å². The smallest absolute Gasteiger partial charge is 0.248 e. The van der Waals surface area contributed by atoms with Crippen molar-refractivity contribution in [2.24, 2.45) is 0 Å². The summed E-state index contributed by atoms with van der Waals surface area (Å²) < 4.78 is 53.7. The van der Waals surface area contributed by atoms with Crippen molar-refractivity contribution in [2.45, 2.75) is 37.1 Å². The van der Waals surface area contributed by atoms with Gasteiger partial charge in [-0.15, -0.1) is 0 Å². The van der Waals surface area contributed by atoms with E-state index in [4.69, 9.17) is 0 Å². The first-order chi connectivity index (χ1) is 10.4. The van der Waals surface area contributed by atoms with Crippen molar-refractivity contribution >= 4 is 10.0 Å². The summed E-state index contributed by atoms with van der Waals surface area (Å²) in [7, 11) is -2.76. The lowest BCUT2D eigenvalue weighted by atomic mass is 10.1. The van der Waals surface area contributed by atoms with Crippen molar-refractivity contribution in [3.8, 4) is 0 Å². The Bertz CT molecular complexity index is 594. The predicted octanol–water partition coefficient (Wildman–Crippen LogP) is 2.46. The van der Waals surface area contributed by atoms with Crippen molar-refractivity contribution in [1.82, 2.24) is 9.21 Å². The number of piperidine rings is 1. The standard InChI is InChI=1S/C15H22F2N2O2S/c1-3-9-19-10-7-12(8-11-19)18(2)22(20,21)15-13(16)5-4-6-14(15)17/h4-6,12H,3,7-11H2,1-2H3. The second kappa shape index (κ2) is 7.02. The Morgan fingerprint density at radius 1 is 1.23 bits per heavy atom. The van der Waals surface area contributed by atoms with Crippen LogP contribution in [0.1, 0.15) is 26.2 Å². The largest absolute Gasteiger partial charge is 0.303 e. The number of hydrogen-bond donors (Lipinski definition) is 0. The van der Waals surface area contributed by atoms with E-state index >= 15 is 0 Å². The second-order valence-electron chi connectivity index (χ2n) is 5.64. The zero-order chi connectivity index (χ0) is 16.3. The van der Waals surface area contributed by atoms with Crippen LogP contribution in [0.15, 0.2) is 23.1 Å². The molecule has 0 spiro atoms. The van der Waals surface area contributed by atoms with Crippen molar-refractivity contribution in [1.29, 1.82) is 0 Å². The van der Waals surface area contributed by atoms with Gasteiger partial charge in [-0.05, 0) is 51.0 Å². The van der Waals surface area contributed by atoms with Gasteiger partial charge in [0.2, 0.25) is 10.0 Å². The van der Waals surface area contributed by atoms with E-state index < -0.39 is 26.6 Å². The van der Waals surface area contributed by atoms with Crippen LogP contribution in [-0.4, -0.2) is 50.3 Å². The Kier molecular flexibility index (Phi) is 5.52. The molecule has 1 aliphatic rings. The van der Waals surface area contributed by atoms with E-state index in [1.807, 2.05) is 0 Å². The molecule has 1 aliphatic heterocycles. The summed E-state index contributed by atoms with van der Waals surface area (Å²) in [6, 6.07) is 2.87. The first-order valence-electron chi connectivity index (χ1n) is 7.52. The van der Waals surface area contributed by atoms with E-state index in [2.05, 4.69) is 11.8 Å². The molecular weight excluding hydrogens is 310 g/mol. The molecule has 1 aromatic carbocycles. The molecule has 0 amide bonds. The molecule has 1 fully saturated rings. The van der Waals surface area contributed by atoms with Gasteiger partial charge in [-0.2, -0.15) is 4.31 Å². The highest BCUT2D eigenvalue weighted by atomic mass is 32.2. The lowest BCUT2D eigenvalue weighted by Crippen LogP contribution is -2.45. The van der Waals surface area contributed by atoms with Crippen LogP contribution in [0.25, 0.3) is 0 Å². The average molecular weight is 332 g/mol. The van der Waals surface area contributed by atoms with E-state index in [1.165, 1.54) is 7.05 Å². The Hall–Kier alpha value is -1.05. The van der Waals surface area contributed by atoms with Gasteiger partial charge >= 0.3 is 0 Å². The van der Waals surface area contributed by atoms with E-state index in [9.17, 15) is 17.2 Å². The molecule has 0 aromatic heterocycles. The van der Waals surface area contributed by atoms with Gasteiger partial charge in [0.05, 0.1) is 0 Å². The maximum absolute atomic E-state index is 13.8. The van der Waals surface area contributed by atoms with Gasteiger partial charge in [0.1, 0.15) is 11.6 Å². The molecular formula is C15H22F2N2O2S. The zero-order valence-electron chi connectivity index (χ0n) is 12.9. The summed E-state index contributed by atoms with van der Waals surface area (Å²) in [5.41, 5.74) is 0. The number of likely N-dealkylation sites (tertiary alicyclic amines) is 1. The van der Waals surface area contributed by atoms with Gasteiger partial charge in [0.15, 0.2) is 4.90 Å². The number of sulfonamides is 1. The first-order valence-corrected chi connectivity index (χ1v) is 8.96. The molecule has 1 aromatic rings. The third kappa shape index (κ3) is 3.47. The molecule has 0 unspecified atom stereocenters. The molecule has 1 heterocycles. The molecule has 4 nitrogen and oxygen atoms in total. The van der Waals surface area contributed by atoms with Crippen LogP contribution >= 0.6 is 0 Å². The minimum atomic E-state index is -4.16. The summed E-state index contributed by atoms with van der Waals surface area (Å²) in [6.45, 7) is 4.70. The number of hydrogen-bond acceptors (Lipinski definition) is 3. The highest BCUT2D eigenvalue weighted by Crippen LogP contribution is 2.26. The van der Waals surface area contributed by atoms with Crippen molar-refractivity contribution in [3.05, 3.63) is 29.8 Å². The second-order valence-corrected chi connectivity index (χ2v) is 7.58. The van der Waals surface area contributed by atoms with Gasteiger partial charge in [0.25, 0.3) is 0 Å². The van der Waals surface area contributed by atoms with Crippen LogP contribution in [-0.2, 0) is 10.0 Å². The maximum atomic E-state index is 13.8. The fourth-order valence-electron chi connectivity index (χ4n) is 2.89. The van der Waals surface area contributed by atoms with Gasteiger partial charge in [-0.1, -0.05) is 13.0 Å². The molecule has 0 saturated carbocycles. The third-order valence-corrected chi connectivity index (χ3v) is 6.13. The molecule has 2 rings (SSSR count). The summed E-state index contributed by atoms with van der Waals surface area (Å²) in [5, 5.41) is 0. The number of benzene rings is 1. The minimum Gasteiger partial charge on any atom is -0.303 e. The van der Waals surface area contributed by atoms with Gasteiger partial charge in [0, 0.05) is 13.1 Å². The van der Waals surface area contributed by atoms with E-state index in [0.717, 1.165) is 48.6 Å². The number of rotatable bonds is 5. The van der Waals surface area contributed by atoms with Crippen molar-refractivity contribution < 1.29 is 17.2 Å². The maximum Gasteiger partial charge on any atom is 0.248 e. The molecule has 124 valence electrons. The third-order valence-electron chi connectivity index (χ3n) is 4.17. The van der Waals surface area contributed by atoms with Crippen LogP contribution < -0.4 is 0 Å². The summed E-state index contributed by atoms with van der Waals surface area (Å²) in [4.78, 5) is 1.43. The minimum absolute atomic E-state index is 0.225. The zero-order valence-corrected chi connectivity index (χ0v) is 13.7. The number of nitrogens with zero attached hydrogens (tertiary/aromatic N) is 2. The normalized spacial score (nSPS) is 18.0. The average Bonchev–Trinajstić information content (AvgIpc) is 2.47. The van der Waals surface area contributed by atoms with Crippen LogP contribution in [0.2, 0.25) is 0 Å². The van der Waals surface area contributed by atoms with E-state index in [1.54, 1.807) is 0 Å². The van der Waals surface area contributed by atoms with Gasteiger partial charge in [-0.3, -0.25) is 0 Å². The summed E-state index contributed by atoms with van der Waals surface area (Å²) in [5.74, 6) is -2.09. The molecule has 7 heteroatoms.